The molecule has 2 heteroatoms. The molecule has 90 valence electrons. The number of rotatable bonds is 11. The number of nitrogens with one attached hydrogen (secondary N) is 1. The summed E-state index contributed by atoms with van der Waals surface area (Å²) >= 11 is 0. The first-order chi connectivity index (χ1) is 7.43. The van der Waals surface area contributed by atoms with E-state index in [1.807, 2.05) is 0 Å². The van der Waals surface area contributed by atoms with Crippen LogP contribution < -0.4 is 5.32 Å². The van der Waals surface area contributed by atoms with Crippen LogP contribution in [0.15, 0.2) is 0 Å². The Balaban J connectivity index is 1.62. The average molecular weight is 213 g/mol. The fourth-order valence-corrected chi connectivity index (χ4v) is 1.70. The lowest BCUT2D eigenvalue weighted by molar-refractivity contribution is 0.130. The predicted octanol–water partition coefficient (Wildman–Crippen LogP) is 2.97. The SMILES string of the molecule is CCCCCCNCCOCCC1CC1. The highest BCUT2D eigenvalue weighted by molar-refractivity contribution is 4.72. The van der Waals surface area contributed by atoms with Crippen LogP contribution in [0.5, 0.6) is 0 Å². The molecular formula is C13H27NO. The minimum atomic E-state index is 0.889. The molecule has 0 aromatic carbocycles. The van der Waals surface area contributed by atoms with Crippen molar-refractivity contribution in [3.8, 4) is 0 Å². The third-order valence-electron chi connectivity index (χ3n) is 3.00. The molecule has 1 rings (SSSR count). The Morgan fingerprint density at radius 1 is 1.07 bits per heavy atom. The third kappa shape index (κ3) is 8.88. The van der Waals surface area contributed by atoms with Crippen molar-refractivity contribution in [1.29, 1.82) is 0 Å². The van der Waals surface area contributed by atoms with Crippen molar-refractivity contribution in [3.05, 3.63) is 0 Å². The van der Waals surface area contributed by atoms with Gasteiger partial charge in [-0.15, -0.1) is 0 Å². The van der Waals surface area contributed by atoms with E-state index in [9.17, 15) is 0 Å². The second-order valence-corrected chi connectivity index (χ2v) is 4.66. The lowest BCUT2D eigenvalue weighted by Gasteiger charge is -2.05. The number of hydrogen-bond donors (Lipinski definition) is 1. The second kappa shape index (κ2) is 9.17. The summed E-state index contributed by atoms with van der Waals surface area (Å²) in [5.41, 5.74) is 0. The van der Waals surface area contributed by atoms with Crippen LogP contribution in [0.25, 0.3) is 0 Å². The van der Waals surface area contributed by atoms with Crippen molar-refractivity contribution in [2.24, 2.45) is 5.92 Å². The van der Waals surface area contributed by atoms with Gasteiger partial charge in [0.05, 0.1) is 6.61 Å². The Morgan fingerprint density at radius 3 is 2.67 bits per heavy atom. The monoisotopic (exact) mass is 213 g/mol. The molecule has 0 saturated heterocycles. The lowest BCUT2D eigenvalue weighted by Crippen LogP contribution is -2.21. The van der Waals surface area contributed by atoms with Gasteiger partial charge < -0.3 is 10.1 Å². The van der Waals surface area contributed by atoms with Crippen LogP contribution in [0.3, 0.4) is 0 Å². The molecular weight excluding hydrogens is 186 g/mol. The fourth-order valence-electron chi connectivity index (χ4n) is 1.70. The van der Waals surface area contributed by atoms with E-state index in [1.54, 1.807) is 0 Å². The van der Waals surface area contributed by atoms with E-state index in [0.29, 0.717) is 0 Å². The van der Waals surface area contributed by atoms with Crippen LogP contribution in [-0.2, 0) is 4.74 Å². The lowest BCUT2D eigenvalue weighted by atomic mass is 10.2. The Morgan fingerprint density at radius 2 is 1.93 bits per heavy atom. The van der Waals surface area contributed by atoms with Crippen LogP contribution in [0, 0.1) is 5.92 Å². The van der Waals surface area contributed by atoms with Gasteiger partial charge in [0, 0.05) is 13.2 Å². The van der Waals surface area contributed by atoms with Gasteiger partial charge in [-0.3, -0.25) is 0 Å². The molecule has 1 N–H and O–H groups in total. The zero-order chi connectivity index (χ0) is 10.8. The fraction of sp³-hybridized carbons (Fsp3) is 1.00. The van der Waals surface area contributed by atoms with Crippen molar-refractivity contribution in [2.45, 2.75) is 51.9 Å². The van der Waals surface area contributed by atoms with Crippen LogP contribution in [0.1, 0.15) is 51.9 Å². The summed E-state index contributed by atoms with van der Waals surface area (Å²) < 4.78 is 5.55. The quantitative estimate of drug-likeness (QED) is 0.533. The second-order valence-electron chi connectivity index (χ2n) is 4.66. The normalized spacial score (nSPS) is 15.8. The van der Waals surface area contributed by atoms with Crippen molar-refractivity contribution < 1.29 is 4.74 Å². The molecule has 0 aliphatic heterocycles. The molecule has 0 spiro atoms. The van der Waals surface area contributed by atoms with E-state index in [-0.39, 0.29) is 0 Å². The maximum absolute atomic E-state index is 5.55. The molecule has 1 aliphatic rings. The maximum Gasteiger partial charge on any atom is 0.0590 e. The Hall–Kier alpha value is -0.0800. The topological polar surface area (TPSA) is 21.3 Å². The summed E-state index contributed by atoms with van der Waals surface area (Å²) in [5.74, 6) is 1.01. The molecule has 1 aliphatic carbocycles. The molecule has 2 nitrogen and oxygen atoms in total. The van der Waals surface area contributed by atoms with Gasteiger partial charge in [-0.2, -0.15) is 0 Å². The smallest absolute Gasteiger partial charge is 0.0590 e. The van der Waals surface area contributed by atoms with Gasteiger partial charge in [0.1, 0.15) is 0 Å². The van der Waals surface area contributed by atoms with E-state index in [0.717, 1.165) is 32.2 Å². The number of ether oxygens (including phenoxy) is 1. The van der Waals surface area contributed by atoms with E-state index < -0.39 is 0 Å². The summed E-state index contributed by atoms with van der Waals surface area (Å²) in [6.45, 7) is 6.30. The number of unbranched alkanes of at least 4 members (excludes halogenated alkanes) is 3. The van der Waals surface area contributed by atoms with Gasteiger partial charge in [0.15, 0.2) is 0 Å². The average Bonchev–Trinajstić information content (AvgIpc) is 3.05. The molecule has 0 heterocycles. The van der Waals surface area contributed by atoms with Gasteiger partial charge in [0.2, 0.25) is 0 Å². The first kappa shape index (κ1) is 13.0. The first-order valence-corrected chi connectivity index (χ1v) is 6.72. The minimum Gasteiger partial charge on any atom is -0.380 e. The third-order valence-corrected chi connectivity index (χ3v) is 3.00. The highest BCUT2D eigenvalue weighted by Gasteiger charge is 2.20. The van der Waals surface area contributed by atoms with E-state index in [1.165, 1.54) is 44.9 Å². The van der Waals surface area contributed by atoms with Gasteiger partial charge in [-0.1, -0.05) is 39.0 Å². The molecule has 0 amide bonds. The summed E-state index contributed by atoms with van der Waals surface area (Å²) in [4.78, 5) is 0. The molecule has 1 saturated carbocycles. The highest BCUT2D eigenvalue weighted by atomic mass is 16.5. The summed E-state index contributed by atoms with van der Waals surface area (Å²) in [6.07, 6.45) is 9.56. The molecule has 0 aromatic rings. The van der Waals surface area contributed by atoms with Crippen LogP contribution in [0.4, 0.5) is 0 Å². The molecule has 0 unspecified atom stereocenters. The standard InChI is InChI=1S/C13H27NO/c1-2-3-4-5-9-14-10-12-15-11-8-13-6-7-13/h13-14H,2-12H2,1H3. The van der Waals surface area contributed by atoms with E-state index in [4.69, 9.17) is 4.74 Å². The highest BCUT2D eigenvalue weighted by Crippen LogP contribution is 2.31. The molecule has 0 bridgehead atoms. The van der Waals surface area contributed by atoms with Gasteiger partial charge in [0.25, 0.3) is 0 Å². The van der Waals surface area contributed by atoms with Crippen molar-refractivity contribution >= 4 is 0 Å². The predicted molar refractivity (Wildman–Crippen MR) is 65.2 cm³/mol. The van der Waals surface area contributed by atoms with Crippen LogP contribution >= 0.6 is 0 Å². The minimum absolute atomic E-state index is 0.889. The Labute approximate surface area is 94.8 Å². The summed E-state index contributed by atoms with van der Waals surface area (Å²) in [5, 5.41) is 3.42. The van der Waals surface area contributed by atoms with Crippen LogP contribution in [0.2, 0.25) is 0 Å². The first-order valence-electron chi connectivity index (χ1n) is 6.72. The zero-order valence-corrected chi connectivity index (χ0v) is 10.3. The molecule has 1 fully saturated rings. The molecule has 0 atom stereocenters. The summed E-state index contributed by atoms with van der Waals surface area (Å²) in [7, 11) is 0. The van der Waals surface area contributed by atoms with Crippen LogP contribution in [-0.4, -0.2) is 26.3 Å². The number of hydrogen-bond acceptors (Lipinski definition) is 2. The van der Waals surface area contributed by atoms with E-state index >= 15 is 0 Å². The Kier molecular flexibility index (Phi) is 7.94. The summed E-state index contributed by atoms with van der Waals surface area (Å²) in [6, 6.07) is 0. The van der Waals surface area contributed by atoms with Gasteiger partial charge in [-0.05, 0) is 25.3 Å². The largest absolute Gasteiger partial charge is 0.380 e. The molecule has 0 radical (unpaired) electrons. The van der Waals surface area contributed by atoms with Crippen molar-refractivity contribution in [3.63, 3.8) is 0 Å². The molecule has 15 heavy (non-hydrogen) atoms. The van der Waals surface area contributed by atoms with Gasteiger partial charge in [-0.25, -0.2) is 0 Å². The zero-order valence-electron chi connectivity index (χ0n) is 10.3. The Bertz CT molecular complexity index is 134. The van der Waals surface area contributed by atoms with E-state index in [2.05, 4.69) is 12.2 Å². The van der Waals surface area contributed by atoms with Crippen molar-refractivity contribution in [2.75, 3.05) is 26.3 Å². The van der Waals surface area contributed by atoms with Gasteiger partial charge >= 0.3 is 0 Å². The van der Waals surface area contributed by atoms with Crippen molar-refractivity contribution in [1.82, 2.24) is 5.32 Å². The molecule has 0 aromatic heterocycles. The maximum atomic E-state index is 5.55.